The van der Waals surface area contributed by atoms with Gasteiger partial charge in [0.2, 0.25) is 5.28 Å². The molecule has 0 saturated heterocycles. The molecule has 0 atom stereocenters. The molecule has 0 spiro atoms. The summed E-state index contributed by atoms with van der Waals surface area (Å²) < 4.78 is 0. The van der Waals surface area contributed by atoms with Crippen LogP contribution in [0.2, 0.25) is 5.28 Å². The summed E-state index contributed by atoms with van der Waals surface area (Å²) >= 11 is 5.74. The Kier molecular flexibility index (Phi) is 4.00. The van der Waals surface area contributed by atoms with Gasteiger partial charge in [0.25, 0.3) is 0 Å². The van der Waals surface area contributed by atoms with Crippen molar-refractivity contribution in [3.8, 4) is 11.8 Å². The third-order valence-electron chi connectivity index (χ3n) is 2.76. The van der Waals surface area contributed by atoms with E-state index in [4.69, 9.17) is 16.7 Å². The molecule has 0 aliphatic heterocycles. The van der Waals surface area contributed by atoms with Crippen molar-refractivity contribution in [2.75, 3.05) is 5.32 Å². The van der Waals surface area contributed by atoms with E-state index >= 15 is 0 Å². The lowest BCUT2D eigenvalue weighted by molar-refractivity contribution is -0.130. The van der Waals surface area contributed by atoms with E-state index in [1.807, 2.05) is 0 Å². The number of nitrogens with one attached hydrogen (secondary N) is 1. The van der Waals surface area contributed by atoms with Crippen molar-refractivity contribution in [2.24, 2.45) is 0 Å². The zero-order valence-corrected chi connectivity index (χ0v) is 10.4. The Morgan fingerprint density at radius 3 is 2.89 bits per heavy atom. The maximum atomic E-state index is 10.4. The molecular formula is C12H12ClN3O2. The summed E-state index contributed by atoms with van der Waals surface area (Å²) in [4.78, 5) is 18.3. The first-order valence-corrected chi connectivity index (χ1v) is 6.07. The van der Waals surface area contributed by atoms with Gasteiger partial charge in [0.15, 0.2) is 0 Å². The van der Waals surface area contributed by atoms with Gasteiger partial charge in [0.1, 0.15) is 5.82 Å². The molecule has 2 N–H and O–H groups in total. The molecule has 0 radical (unpaired) electrons. The third kappa shape index (κ3) is 3.34. The maximum absolute atomic E-state index is 10.4. The van der Waals surface area contributed by atoms with Crippen LogP contribution < -0.4 is 5.32 Å². The molecule has 6 heteroatoms. The fourth-order valence-corrected chi connectivity index (χ4v) is 2.08. The minimum Gasteiger partial charge on any atom is -0.472 e. The van der Waals surface area contributed by atoms with E-state index in [1.54, 1.807) is 0 Å². The number of halogens is 1. The van der Waals surface area contributed by atoms with Gasteiger partial charge >= 0.3 is 5.97 Å². The Hall–Kier alpha value is -1.80. The lowest BCUT2D eigenvalue weighted by atomic mass is 10.2. The molecular weight excluding hydrogens is 254 g/mol. The summed E-state index contributed by atoms with van der Waals surface area (Å²) in [6.07, 6.45) is 5.96. The van der Waals surface area contributed by atoms with Gasteiger partial charge in [-0.25, -0.2) is 9.78 Å². The highest BCUT2D eigenvalue weighted by molar-refractivity contribution is 6.28. The van der Waals surface area contributed by atoms with Gasteiger partial charge in [-0.2, -0.15) is 4.98 Å². The Morgan fingerprint density at radius 1 is 1.50 bits per heavy atom. The van der Waals surface area contributed by atoms with Crippen LogP contribution in [0.3, 0.4) is 0 Å². The number of anilines is 1. The van der Waals surface area contributed by atoms with Crippen LogP contribution in [0.15, 0.2) is 6.20 Å². The molecule has 0 aromatic carbocycles. The molecule has 0 amide bonds. The van der Waals surface area contributed by atoms with Gasteiger partial charge in [-0.05, 0) is 30.4 Å². The molecule has 1 aliphatic rings. The zero-order chi connectivity index (χ0) is 13.0. The number of carboxylic acid groups (broad SMARTS) is 1. The number of carbonyl (C=O) groups is 1. The first-order valence-electron chi connectivity index (χ1n) is 5.69. The quantitative estimate of drug-likeness (QED) is 0.631. The van der Waals surface area contributed by atoms with Crippen LogP contribution in [-0.2, 0) is 4.79 Å². The molecule has 1 fully saturated rings. The molecule has 18 heavy (non-hydrogen) atoms. The van der Waals surface area contributed by atoms with E-state index < -0.39 is 5.97 Å². The van der Waals surface area contributed by atoms with E-state index in [-0.39, 0.29) is 5.28 Å². The predicted octanol–water partition coefficient (Wildman–Crippen LogP) is 1.92. The Labute approximate surface area is 110 Å². The molecule has 5 nitrogen and oxygen atoms in total. The first kappa shape index (κ1) is 12.7. The second-order valence-corrected chi connectivity index (χ2v) is 4.42. The summed E-state index contributed by atoms with van der Waals surface area (Å²) in [5.74, 6) is 3.89. The van der Waals surface area contributed by atoms with Crippen molar-refractivity contribution >= 4 is 23.4 Å². The summed E-state index contributed by atoms with van der Waals surface area (Å²) in [6.45, 7) is 0. The van der Waals surface area contributed by atoms with E-state index in [9.17, 15) is 4.79 Å². The van der Waals surface area contributed by atoms with Gasteiger partial charge in [-0.3, -0.25) is 0 Å². The summed E-state index contributed by atoms with van der Waals surface area (Å²) in [5, 5.41) is 11.9. The van der Waals surface area contributed by atoms with Gasteiger partial charge < -0.3 is 10.4 Å². The monoisotopic (exact) mass is 265 g/mol. The van der Waals surface area contributed by atoms with Gasteiger partial charge in [0, 0.05) is 18.2 Å². The van der Waals surface area contributed by atoms with Crippen molar-refractivity contribution in [2.45, 2.75) is 31.7 Å². The molecule has 1 aromatic rings. The summed E-state index contributed by atoms with van der Waals surface area (Å²) in [5.41, 5.74) is 0.452. The molecule has 0 unspecified atom stereocenters. The van der Waals surface area contributed by atoms with E-state index in [0.29, 0.717) is 17.4 Å². The topological polar surface area (TPSA) is 75.1 Å². The van der Waals surface area contributed by atoms with Crippen molar-refractivity contribution in [3.63, 3.8) is 0 Å². The van der Waals surface area contributed by atoms with Crippen molar-refractivity contribution in [1.29, 1.82) is 0 Å². The van der Waals surface area contributed by atoms with Crippen molar-refractivity contribution < 1.29 is 9.90 Å². The number of hydrogen-bond donors (Lipinski definition) is 2. The van der Waals surface area contributed by atoms with Crippen molar-refractivity contribution in [3.05, 3.63) is 17.0 Å². The molecule has 1 aliphatic carbocycles. The Bertz CT molecular complexity index is 516. The maximum Gasteiger partial charge on any atom is 0.382 e. The SMILES string of the molecule is O=C(O)C#Cc1cnc(Cl)nc1NC1CCCC1. The average molecular weight is 266 g/mol. The minimum absolute atomic E-state index is 0.122. The number of nitrogens with zero attached hydrogens (tertiary/aromatic N) is 2. The van der Waals surface area contributed by atoms with Gasteiger partial charge in [-0.15, -0.1) is 0 Å². The average Bonchev–Trinajstić information content (AvgIpc) is 2.80. The molecule has 0 bridgehead atoms. The van der Waals surface area contributed by atoms with Crippen LogP contribution in [0, 0.1) is 11.8 Å². The second kappa shape index (κ2) is 5.69. The second-order valence-electron chi connectivity index (χ2n) is 4.08. The zero-order valence-electron chi connectivity index (χ0n) is 9.61. The van der Waals surface area contributed by atoms with E-state index in [1.165, 1.54) is 19.0 Å². The number of carboxylic acids is 1. The van der Waals surface area contributed by atoms with E-state index in [2.05, 4.69) is 27.1 Å². The highest BCUT2D eigenvalue weighted by atomic mass is 35.5. The van der Waals surface area contributed by atoms with Crippen LogP contribution in [0.1, 0.15) is 31.2 Å². The highest BCUT2D eigenvalue weighted by Crippen LogP contribution is 2.23. The van der Waals surface area contributed by atoms with Crippen LogP contribution in [0.4, 0.5) is 5.82 Å². The largest absolute Gasteiger partial charge is 0.472 e. The van der Waals surface area contributed by atoms with Crippen LogP contribution in [0.25, 0.3) is 0 Å². The lowest BCUT2D eigenvalue weighted by Crippen LogP contribution is -2.16. The van der Waals surface area contributed by atoms with Gasteiger partial charge in [-0.1, -0.05) is 12.8 Å². The molecule has 1 heterocycles. The van der Waals surface area contributed by atoms with E-state index in [0.717, 1.165) is 12.8 Å². The lowest BCUT2D eigenvalue weighted by Gasteiger charge is -2.13. The third-order valence-corrected chi connectivity index (χ3v) is 2.94. The fraction of sp³-hybridized carbons (Fsp3) is 0.417. The van der Waals surface area contributed by atoms with Crippen LogP contribution in [0.5, 0.6) is 0 Å². The number of aliphatic carboxylic acids is 1. The molecule has 1 saturated carbocycles. The van der Waals surface area contributed by atoms with Gasteiger partial charge in [0.05, 0.1) is 5.56 Å². The Morgan fingerprint density at radius 2 is 2.22 bits per heavy atom. The summed E-state index contributed by atoms with van der Waals surface area (Å²) in [6, 6.07) is 0.348. The fourth-order valence-electron chi connectivity index (χ4n) is 1.95. The standard InChI is InChI=1S/C12H12ClN3O2/c13-12-14-7-8(5-6-10(17)18)11(16-12)15-9-3-1-2-4-9/h7,9H,1-4H2,(H,17,18)(H,14,15,16). The number of rotatable bonds is 2. The molecule has 2 rings (SSSR count). The van der Waals surface area contributed by atoms with Crippen LogP contribution >= 0.6 is 11.6 Å². The predicted molar refractivity (Wildman–Crippen MR) is 67.4 cm³/mol. The normalized spacial score (nSPS) is 14.9. The molecule has 94 valence electrons. The molecule has 1 aromatic heterocycles. The Balaban J connectivity index is 2.23. The number of hydrogen-bond acceptors (Lipinski definition) is 4. The van der Waals surface area contributed by atoms with Crippen LogP contribution in [-0.4, -0.2) is 27.1 Å². The number of aromatic nitrogens is 2. The van der Waals surface area contributed by atoms with Crippen molar-refractivity contribution in [1.82, 2.24) is 9.97 Å². The first-order chi connectivity index (χ1) is 8.65. The highest BCUT2D eigenvalue weighted by Gasteiger charge is 2.16. The minimum atomic E-state index is -1.18. The smallest absolute Gasteiger partial charge is 0.382 e. The summed E-state index contributed by atoms with van der Waals surface area (Å²) in [7, 11) is 0.